The minimum atomic E-state index is -4.33. The predicted molar refractivity (Wildman–Crippen MR) is 77.0 cm³/mol. The van der Waals surface area contributed by atoms with Crippen molar-refractivity contribution in [2.24, 2.45) is 5.10 Å². The maximum atomic E-state index is 12.2. The van der Waals surface area contributed by atoms with Gasteiger partial charge in [-0.05, 0) is 24.6 Å². The number of alkyl halides is 3. The first-order chi connectivity index (χ1) is 10.4. The van der Waals surface area contributed by atoms with E-state index < -0.39 is 12.7 Å². The van der Waals surface area contributed by atoms with E-state index in [1.54, 1.807) is 6.07 Å². The zero-order chi connectivity index (χ0) is 16.2. The standard InChI is InChI=1S/C13H13F3N4OS/c1-2-10-3-4-11(22-10)12(21)18-17-7-9-5-6-20(19-9)8-13(14,15)16/h3-7H,2,8H2,1H3,(H,18,21). The molecule has 0 aliphatic heterocycles. The number of thiophene rings is 1. The Bertz CT molecular complexity index is 675. The third kappa shape index (κ3) is 4.69. The number of aromatic nitrogens is 2. The highest BCUT2D eigenvalue weighted by Crippen LogP contribution is 2.17. The summed E-state index contributed by atoms with van der Waals surface area (Å²) in [5.41, 5.74) is 2.54. The number of amides is 1. The fourth-order valence-electron chi connectivity index (χ4n) is 1.62. The van der Waals surface area contributed by atoms with Crippen LogP contribution in [-0.4, -0.2) is 28.1 Å². The van der Waals surface area contributed by atoms with Crippen LogP contribution in [0, 0.1) is 0 Å². The largest absolute Gasteiger partial charge is 0.408 e. The average Bonchev–Trinajstić information content (AvgIpc) is 3.06. The van der Waals surface area contributed by atoms with Crippen molar-refractivity contribution in [1.82, 2.24) is 15.2 Å². The highest BCUT2D eigenvalue weighted by atomic mass is 32.1. The number of nitrogens with zero attached hydrogens (tertiary/aromatic N) is 3. The molecule has 0 aliphatic carbocycles. The Balaban J connectivity index is 1.91. The Labute approximate surface area is 128 Å². The summed E-state index contributed by atoms with van der Waals surface area (Å²) in [6.45, 7) is 0.825. The first kappa shape index (κ1) is 16.2. The second kappa shape index (κ2) is 6.73. The van der Waals surface area contributed by atoms with Crippen LogP contribution in [0.4, 0.5) is 13.2 Å². The molecule has 0 fully saturated rings. The lowest BCUT2D eigenvalue weighted by Gasteiger charge is -2.04. The van der Waals surface area contributed by atoms with Gasteiger partial charge in [0.15, 0.2) is 0 Å². The molecule has 2 aromatic heterocycles. The van der Waals surface area contributed by atoms with Crippen molar-refractivity contribution in [3.63, 3.8) is 0 Å². The van der Waals surface area contributed by atoms with E-state index in [-0.39, 0.29) is 11.6 Å². The topological polar surface area (TPSA) is 59.3 Å². The quantitative estimate of drug-likeness (QED) is 0.677. The lowest BCUT2D eigenvalue weighted by atomic mass is 10.3. The van der Waals surface area contributed by atoms with Crippen molar-refractivity contribution < 1.29 is 18.0 Å². The van der Waals surface area contributed by atoms with E-state index >= 15 is 0 Å². The molecule has 0 unspecified atom stereocenters. The van der Waals surface area contributed by atoms with Crippen LogP contribution in [0.1, 0.15) is 27.2 Å². The molecule has 0 aliphatic rings. The van der Waals surface area contributed by atoms with E-state index in [1.165, 1.54) is 29.8 Å². The summed E-state index contributed by atoms with van der Waals surface area (Å²) >= 11 is 1.37. The molecule has 0 saturated heterocycles. The van der Waals surface area contributed by atoms with Crippen molar-refractivity contribution in [2.45, 2.75) is 26.1 Å². The van der Waals surface area contributed by atoms with Crippen LogP contribution >= 0.6 is 11.3 Å². The molecule has 0 bridgehead atoms. The van der Waals surface area contributed by atoms with Gasteiger partial charge in [-0.3, -0.25) is 9.48 Å². The van der Waals surface area contributed by atoms with Crippen molar-refractivity contribution in [1.29, 1.82) is 0 Å². The lowest BCUT2D eigenvalue weighted by molar-refractivity contribution is -0.142. The molecule has 0 aromatic carbocycles. The van der Waals surface area contributed by atoms with Crippen molar-refractivity contribution in [3.05, 3.63) is 39.8 Å². The Kier molecular flexibility index (Phi) is 4.96. The second-order valence-electron chi connectivity index (χ2n) is 4.37. The first-order valence-corrected chi connectivity index (χ1v) is 7.21. The van der Waals surface area contributed by atoms with E-state index in [1.807, 2.05) is 13.0 Å². The number of hydrogen-bond donors (Lipinski definition) is 1. The summed E-state index contributed by atoms with van der Waals surface area (Å²) in [7, 11) is 0. The Morgan fingerprint density at radius 3 is 2.86 bits per heavy atom. The third-order valence-electron chi connectivity index (χ3n) is 2.60. The molecular formula is C13H13F3N4OS. The van der Waals surface area contributed by atoms with Gasteiger partial charge in [0, 0.05) is 11.1 Å². The second-order valence-corrected chi connectivity index (χ2v) is 5.54. The average molecular weight is 330 g/mol. The van der Waals surface area contributed by atoms with Gasteiger partial charge in [0.1, 0.15) is 12.2 Å². The zero-order valence-electron chi connectivity index (χ0n) is 11.6. The minimum absolute atomic E-state index is 0.227. The molecule has 9 heteroatoms. The number of hydrogen-bond acceptors (Lipinski definition) is 4. The molecular weight excluding hydrogens is 317 g/mol. The lowest BCUT2D eigenvalue weighted by Crippen LogP contribution is -2.18. The van der Waals surface area contributed by atoms with E-state index in [0.717, 1.165) is 16.0 Å². The van der Waals surface area contributed by atoms with Gasteiger partial charge >= 0.3 is 6.18 Å². The predicted octanol–water partition coefficient (Wildman–Crippen LogP) is 2.83. The molecule has 0 spiro atoms. The molecule has 0 saturated carbocycles. The van der Waals surface area contributed by atoms with E-state index in [0.29, 0.717) is 4.88 Å². The number of carbonyl (C=O) groups excluding carboxylic acids is 1. The van der Waals surface area contributed by atoms with Gasteiger partial charge < -0.3 is 0 Å². The number of aryl methyl sites for hydroxylation is 1. The van der Waals surface area contributed by atoms with Gasteiger partial charge in [0.05, 0.1) is 11.1 Å². The van der Waals surface area contributed by atoms with Crippen molar-refractivity contribution in [2.75, 3.05) is 0 Å². The van der Waals surface area contributed by atoms with Gasteiger partial charge in [0.2, 0.25) is 0 Å². The molecule has 0 atom stereocenters. The number of nitrogens with one attached hydrogen (secondary N) is 1. The molecule has 118 valence electrons. The number of hydrazone groups is 1. The van der Waals surface area contributed by atoms with E-state index in [9.17, 15) is 18.0 Å². The molecule has 2 rings (SSSR count). The maximum Gasteiger partial charge on any atom is 0.408 e. The smallest absolute Gasteiger partial charge is 0.266 e. The summed E-state index contributed by atoms with van der Waals surface area (Å²) in [5, 5.41) is 7.37. The molecule has 0 radical (unpaired) electrons. The minimum Gasteiger partial charge on any atom is -0.266 e. The summed E-state index contributed by atoms with van der Waals surface area (Å²) < 4.78 is 37.3. The summed E-state index contributed by atoms with van der Waals surface area (Å²) in [6, 6.07) is 4.94. The molecule has 2 aromatic rings. The van der Waals surface area contributed by atoms with Gasteiger partial charge in [-0.2, -0.15) is 23.4 Å². The number of halogens is 3. The van der Waals surface area contributed by atoms with E-state index in [2.05, 4.69) is 15.6 Å². The Morgan fingerprint density at radius 2 is 2.23 bits per heavy atom. The summed E-state index contributed by atoms with van der Waals surface area (Å²) in [5.74, 6) is -0.365. The van der Waals surface area contributed by atoms with Crippen LogP contribution in [0.3, 0.4) is 0 Å². The molecule has 5 nitrogen and oxygen atoms in total. The zero-order valence-corrected chi connectivity index (χ0v) is 12.4. The van der Waals surface area contributed by atoms with Crippen LogP contribution in [0.25, 0.3) is 0 Å². The van der Waals surface area contributed by atoms with Crippen LogP contribution in [0.2, 0.25) is 0 Å². The highest BCUT2D eigenvalue weighted by Gasteiger charge is 2.28. The summed E-state index contributed by atoms with van der Waals surface area (Å²) in [4.78, 5) is 13.4. The Hall–Kier alpha value is -2.16. The first-order valence-electron chi connectivity index (χ1n) is 6.39. The molecule has 1 amide bonds. The number of carbonyl (C=O) groups is 1. The molecule has 22 heavy (non-hydrogen) atoms. The Morgan fingerprint density at radius 1 is 1.45 bits per heavy atom. The molecule has 2 heterocycles. The SMILES string of the molecule is CCc1ccc(C(=O)NN=Cc2ccn(CC(F)(F)F)n2)s1. The fourth-order valence-corrected chi connectivity index (χ4v) is 2.46. The van der Waals surface area contributed by atoms with Crippen molar-refractivity contribution >= 4 is 23.5 Å². The monoisotopic (exact) mass is 330 g/mol. The van der Waals surface area contributed by atoms with E-state index in [4.69, 9.17) is 0 Å². The van der Waals surface area contributed by atoms with Gasteiger partial charge in [-0.15, -0.1) is 11.3 Å². The normalized spacial score (nSPS) is 12.0. The van der Waals surface area contributed by atoms with Gasteiger partial charge in [-0.25, -0.2) is 5.43 Å². The van der Waals surface area contributed by atoms with Gasteiger partial charge in [-0.1, -0.05) is 6.92 Å². The van der Waals surface area contributed by atoms with Gasteiger partial charge in [0.25, 0.3) is 5.91 Å². The fraction of sp³-hybridized carbons (Fsp3) is 0.308. The third-order valence-corrected chi connectivity index (χ3v) is 3.83. The summed E-state index contributed by atoms with van der Waals surface area (Å²) in [6.07, 6.45) is -1.09. The van der Waals surface area contributed by atoms with Crippen LogP contribution in [0.15, 0.2) is 29.5 Å². The number of rotatable bonds is 5. The maximum absolute atomic E-state index is 12.2. The van der Waals surface area contributed by atoms with Crippen LogP contribution in [0.5, 0.6) is 0 Å². The van der Waals surface area contributed by atoms with Crippen LogP contribution in [-0.2, 0) is 13.0 Å². The van der Waals surface area contributed by atoms with Crippen LogP contribution < -0.4 is 5.43 Å². The molecule has 1 N–H and O–H groups in total. The highest BCUT2D eigenvalue weighted by molar-refractivity contribution is 7.14. The van der Waals surface area contributed by atoms with Crippen molar-refractivity contribution in [3.8, 4) is 0 Å².